The van der Waals surface area contributed by atoms with Crippen LogP contribution in [0.3, 0.4) is 0 Å². The zero-order chi connectivity index (χ0) is 22.3. The van der Waals surface area contributed by atoms with Crippen LogP contribution < -0.4 is 5.43 Å². The second-order valence-electron chi connectivity index (χ2n) is 6.40. The van der Waals surface area contributed by atoms with E-state index in [-0.39, 0.29) is 11.4 Å². The van der Waals surface area contributed by atoms with Gasteiger partial charge in [-0.15, -0.1) is 0 Å². The van der Waals surface area contributed by atoms with Gasteiger partial charge >= 0.3 is 0 Å². The highest BCUT2D eigenvalue weighted by molar-refractivity contribution is 7.89. The number of sulfonamides is 1. The van der Waals surface area contributed by atoms with Gasteiger partial charge < -0.3 is 0 Å². The molecular weight excluding hydrogens is 443 g/mol. The van der Waals surface area contributed by atoms with E-state index in [0.717, 1.165) is 4.31 Å². The molecule has 0 aliphatic rings. The third-order valence-corrected chi connectivity index (χ3v) is 6.18. The van der Waals surface area contributed by atoms with Crippen molar-refractivity contribution in [3.8, 4) is 0 Å². The number of amides is 1. The number of hydrazone groups is 1. The largest absolute Gasteiger partial charge is 0.272 e. The van der Waals surface area contributed by atoms with Gasteiger partial charge in [-0.3, -0.25) is 9.78 Å². The molecule has 1 N–H and O–H groups in total. The maximum Gasteiger partial charge on any atom is 0.255 e. The van der Waals surface area contributed by atoms with Crippen molar-refractivity contribution < 1.29 is 17.6 Å². The smallest absolute Gasteiger partial charge is 0.255 e. The Labute approximate surface area is 184 Å². The number of hydrogen-bond donors (Lipinski definition) is 1. The van der Waals surface area contributed by atoms with Crippen LogP contribution in [-0.2, 0) is 21.4 Å². The van der Waals surface area contributed by atoms with Crippen molar-refractivity contribution in [1.29, 1.82) is 0 Å². The van der Waals surface area contributed by atoms with Crippen molar-refractivity contribution in [3.05, 3.63) is 95.0 Å². The molecular formula is C21H18ClFN4O3S. The standard InChI is InChI=1S/C21H18ClFN4O3S/c22-17-6-10-20(11-7-17)31(29,30)27(14-16-4-8-18(23)9-5-16)15-21(28)26-25-13-19-3-1-2-12-24-19/h1-13H,14-15H2,(H,26,28)/b25-13-. The highest BCUT2D eigenvalue weighted by atomic mass is 35.5. The quantitative estimate of drug-likeness (QED) is 0.412. The second kappa shape index (κ2) is 10.3. The Morgan fingerprint density at radius 2 is 1.81 bits per heavy atom. The van der Waals surface area contributed by atoms with Crippen LogP contribution in [0.2, 0.25) is 5.02 Å². The molecule has 1 amide bonds. The Hall–Kier alpha value is -3.14. The molecule has 0 aliphatic carbocycles. The van der Waals surface area contributed by atoms with Crippen molar-refractivity contribution in [1.82, 2.24) is 14.7 Å². The third kappa shape index (κ3) is 6.42. The molecule has 10 heteroatoms. The Kier molecular flexibility index (Phi) is 7.45. The molecule has 3 aromatic rings. The van der Waals surface area contributed by atoms with Crippen molar-refractivity contribution in [2.75, 3.05) is 6.54 Å². The molecule has 0 radical (unpaired) electrons. The monoisotopic (exact) mass is 460 g/mol. The highest BCUT2D eigenvalue weighted by Gasteiger charge is 2.27. The summed E-state index contributed by atoms with van der Waals surface area (Å²) in [5.41, 5.74) is 3.34. The summed E-state index contributed by atoms with van der Waals surface area (Å²) in [4.78, 5) is 16.4. The van der Waals surface area contributed by atoms with E-state index in [1.807, 2.05) is 0 Å². The van der Waals surface area contributed by atoms with E-state index in [9.17, 15) is 17.6 Å². The summed E-state index contributed by atoms with van der Waals surface area (Å²) >= 11 is 5.85. The van der Waals surface area contributed by atoms with Gasteiger partial charge in [0.05, 0.1) is 23.3 Å². The molecule has 0 spiro atoms. The van der Waals surface area contributed by atoms with E-state index in [4.69, 9.17) is 11.6 Å². The molecule has 31 heavy (non-hydrogen) atoms. The Morgan fingerprint density at radius 1 is 1.10 bits per heavy atom. The van der Waals surface area contributed by atoms with E-state index in [0.29, 0.717) is 16.3 Å². The van der Waals surface area contributed by atoms with Crippen LogP contribution >= 0.6 is 11.6 Å². The predicted octanol–water partition coefficient (Wildman–Crippen LogP) is 3.22. The van der Waals surface area contributed by atoms with Gasteiger partial charge in [0.2, 0.25) is 10.0 Å². The molecule has 0 saturated heterocycles. The van der Waals surface area contributed by atoms with Crippen molar-refractivity contribution in [2.24, 2.45) is 5.10 Å². The number of nitrogens with zero attached hydrogens (tertiary/aromatic N) is 3. The first kappa shape index (κ1) is 22.5. The first-order valence-electron chi connectivity index (χ1n) is 9.08. The van der Waals surface area contributed by atoms with Crippen LogP contribution in [-0.4, -0.2) is 36.4 Å². The SMILES string of the molecule is O=C(CN(Cc1ccc(F)cc1)S(=O)(=O)c1ccc(Cl)cc1)N/N=C\c1ccccn1. The topological polar surface area (TPSA) is 91.7 Å². The molecule has 160 valence electrons. The Balaban J connectivity index is 1.79. The summed E-state index contributed by atoms with van der Waals surface area (Å²) in [6.07, 6.45) is 2.92. The summed E-state index contributed by atoms with van der Waals surface area (Å²) in [5, 5.41) is 4.18. The number of hydrogen-bond acceptors (Lipinski definition) is 5. The number of aromatic nitrogens is 1. The highest BCUT2D eigenvalue weighted by Crippen LogP contribution is 2.20. The lowest BCUT2D eigenvalue weighted by molar-refractivity contribution is -0.121. The number of nitrogens with one attached hydrogen (secondary N) is 1. The zero-order valence-electron chi connectivity index (χ0n) is 16.2. The Morgan fingerprint density at radius 3 is 2.45 bits per heavy atom. The van der Waals surface area contributed by atoms with Gasteiger partial charge in [0.25, 0.3) is 5.91 Å². The normalized spacial score (nSPS) is 11.7. The fraction of sp³-hybridized carbons (Fsp3) is 0.0952. The van der Waals surface area contributed by atoms with Crippen LogP contribution in [0.4, 0.5) is 4.39 Å². The summed E-state index contributed by atoms with van der Waals surface area (Å²) in [6, 6.07) is 16.2. The first-order valence-corrected chi connectivity index (χ1v) is 10.9. The van der Waals surface area contributed by atoms with Crippen LogP contribution in [0.5, 0.6) is 0 Å². The van der Waals surface area contributed by atoms with Crippen molar-refractivity contribution in [2.45, 2.75) is 11.4 Å². The second-order valence-corrected chi connectivity index (χ2v) is 8.78. The lowest BCUT2D eigenvalue weighted by atomic mass is 10.2. The van der Waals surface area contributed by atoms with E-state index in [1.165, 1.54) is 54.7 Å². The number of rotatable bonds is 8. The number of halogens is 2. The molecule has 1 heterocycles. The van der Waals surface area contributed by atoms with Crippen LogP contribution in [0, 0.1) is 5.82 Å². The van der Waals surface area contributed by atoms with Gasteiger partial charge in [0.15, 0.2) is 0 Å². The minimum absolute atomic E-state index is 0.0243. The van der Waals surface area contributed by atoms with Gasteiger partial charge in [-0.1, -0.05) is 29.8 Å². The van der Waals surface area contributed by atoms with E-state index in [2.05, 4.69) is 15.5 Å². The van der Waals surface area contributed by atoms with Gasteiger partial charge in [-0.05, 0) is 54.1 Å². The Bertz CT molecular complexity index is 1160. The van der Waals surface area contributed by atoms with Gasteiger partial charge in [0, 0.05) is 17.8 Å². The molecule has 0 fully saturated rings. The fourth-order valence-electron chi connectivity index (χ4n) is 2.59. The summed E-state index contributed by atoms with van der Waals surface area (Å²) in [7, 11) is -4.04. The summed E-state index contributed by atoms with van der Waals surface area (Å²) in [5.74, 6) is -1.09. The maximum atomic E-state index is 13.2. The van der Waals surface area contributed by atoms with Gasteiger partial charge in [-0.2, -0.15) is 9.41 Å². The zero-order valence-corrected chi connectivity index (χ0v) is 17.7. The number of benzene rings is 2. The molecule has 0 aliphatic heterocycles. The average Bonchev–Trinajstić information content (AvgIpc) is 2.76. The number of carbonyl (C=O) groups is 1. The molecule has 0 unspecified atom stereocenters. The van der Waals surface area contributed by atoms with E-state index >= 15 is 0 Å². The lowest BCUT2D eigenvalue weighted by Gasteiger charge is -2.21. The summed E-state index contributed by atoms with van der Waals surface area (Å²) < 4.78 is 40.5. The van der Waals surface area contributed by atoms with Gasteiger partial charge in [0.1, 0.15) is 5.82 Å². The molecule has 0 atom stereocenters. The molecule has 0 saturated carbocycles. The minimum atomic E-state index is -4.04. The molecule has 1 aromatic heterocycles. The van der Waals surface area contributed by atoms with E-state index < -0.39 is 28.3 Å². The number of pyridine rings is 1. The fourth-order valence-corrected chi connectivity index (χ4v) is 4.10. The van der Waals surface area contributed by atoms with E-state index in [1.54, 1.807) is 24.4 Å². The van der Waals surface area contributed by atoms with Crippen molar-refractivity contribution >= 4 is 33.7 Å². The van der Waals surface area contributed by atoms with Crippen molar-refractivity contribution in [3.63, 3.8) is 0 Å². The predicted molar refractivity (Wildman–Crippen MR) is 115 cm³/mol. The van der Waals surface area contributed by atoms with Gasteiger partial charge in [-0.25, -0.2) is 18.2 Å². The van der Waals surface area contributed by atoms with Crippen LogP contribution in [0.1, 0.15) is 11.3 Å². The van der Waals surface area contributed by atoms with Crippen LogP contribution in [0.15, 0.2) is 82.9 Å². The molecule has 3 rings (SSSR count). The molecule has 2 aromatic carbocycles. The third-order valence-electron chi connectivity index (χ3n) is 4.12. The van der Waals surface area contributed by atoms with Crippen LogP contribution in [0.25, 0.3) is 0 Å². The maximum absolute atomic E-state index is 13.2. The lowest BCUT2D eigenvalue weighted by Crippen LogP contribution is -2.39. The molecule has 7 nitrogen and oxygen atoms in total. The average molecular weight is 461 g/mol. The first-order chi connectivity index (χ1) is 14.8. The summed E-state index contributed by atoms with van der Waals surface area (Å²) in [6.45, 7) is -0.634. The molecule has 0 bridgehead atoms. The minimum Gasteiger partial charge on any atom is -0.272 e. The number of carbonyl (C=O) groups excluding carboxylic acids is 1.